The molecule has 0 N–H and O–H groups in total. The third-order valence-corrected chi connectivity index (χ3v) is 3.58. The first kappa shape index (κ1) is 14.8. The summed E-state index contributed by atoms with van der Waals surface area (Å²) >= 11 is 4.53. The van der Waals surface area contributed by atoms with E-state index < -0.39 is 0 Å². The summed E-state index contributed by atoms with van der Waals surface area (Å²) in [6.45, 7) is 0. The van der Waals surface area contributed by atoms with Crippen LogP contribution in [-0.4, -0.2) is 39.7 Å². The van der Waals surface area contributed by atoms with Crippen molar-refractivity contribution < 1.29 is 0 Å². The number of likely N-dealkylation sites (N-methyl/N-ethyl adjacent to an activating group) is 1. The summed E-state index contributed by atoms with van der Waals surface area (Å²) < 4.78 is 0. The molecule has 2 rings (SSSR count). The molecule has 0 amide bonds. The van der Waals surface area contributed by atoms with Crippen LogP contribution < -0.4 is 4.81 Å². The maximum Gasteiger partial charge on any atom is 0.217 e. The molecule has 3 nitrogen and oxygen atoms in total. The van der Waals surface area contributed by atoms with Gasteiger partial charge in [-0.05, 0) is 37.4 Å². The van der Waals surface area contributed by atoms with Crippen molar-refractivity contribution in [3.05, 3.63) is 42.1 Å². The predicted molar refractivity (Wildman–Crippen MR) is 93.3 cm³/mol. The summed E-state index contributed by atoms with van der Waals surface area (Å²) in [5.41, 5.74) is 4.33. The van der Waals surface area contributed by atoms with E-state index >= 15 is 0 Å². The van der Waals surface area contributed by atoms with Gasteiger partial charge in [-0.1, -0.05) is 6.08 Å². The summed E-state index contributed by atoms with van der Waals surface area (Å²) in [7, 11) is 8.13. The molecule has 20 heavy (non-hydrogen) atoms. The maximum atomic E-state index is 4.68. The summed E-state index contributed by atoms with van der Waals surface area (Å²) in [6.07, 6.45) is 7.20. The van der Waals surface area contributed by atoms with E-state index in [1.54, 1.807) is 0 Å². The molecule has 1 aliphatic carbocycles. The molecule has 0 fully saturated rings. The summed E-state index contributed by atoms with van der Waals surface area (Å²) in [5, 5.41) is 0. The van der Waals surface area contributed by atoms with Gasteiger partial charge in [0.1, 0.15) is 0 Å². The Bertz CT molecular complexity index is 589. The molecule has 0 radical (unpaired) electrons. The van der Waals surface area contributed by atoms with Crippen molar-refractivity contribution in [2.75, 3.05) is 26.0 Å². The molecule has 0 heterocycles. The molecule has 5 heteroatoms. The van der Waals surface area contributed by atoms with Crippen LogP contribution in [0.2, 0.25) is 0 Å². The topological polar surface area (TPSA) is 18.8 Å². The molecular formula is C15H20BN3S. The molecule has 0 atom stereocenters. The Morgan fingerprint density at radius 2 is 1.95 bits per heavy atom. The molecular weight excluding hydrogens is 265 g/mol. The Kier molecular flexibility index (Phi) is 4.60. The van der Waals surface area contributed by atoms with E-state index in [2.05, 4.69) is 51.6 Å². The van der Waals surface area contributed by atoms with Gasteiger partial charge in [0, 0.05) is 42.5 Å². The lowest BCUT2D eigenvalue weighted by atomic mass is 10.1. The Hall–Kier alpha value is -1.62. The molecule has 1 aromatic rings. The number of hydrogen-bond donors (Lipinski definition) is 1. The quantitative estimate of drug-likeness (QED) is 0.679. The largest absolute Gasteiger partial charge is 0.424 e. The lowest BCUT2D eigenvalue weighted by Gasteiger charge is -2.17. The summed E-state index contributed by atoms with van der Waals surface area (Å²) in [5.74, 6) is 0. The molecule has 0 aliphatic heterocycles. The van der Waals surface area contributed by atoms with Crippen LogP contribution >= 0.6 is 12.6 Å². The maximum absolute atomic E-state index is 4.68. The molecule has 0 unspecified atom stereocenters. The minimum absolute atomic E-state index is 0.854. The highest BCUT2D eigenvalue weighted by Gasteiger charge is 2.06. The fourth-order valence-electron chi connectivity index (χ4n) is 1.98. The highest BCUT2D eigenvalue weighted by atomic mass is 32.1. The van der Waals surface area contributed by atoms with Gasteiger partial charge in [-0.3, -0.25) is 4.99 Å². The van der Waals surface area contributed by atoms with Crippen molar-refractivity contribution >= 4 is 37.7 Å². The SMILES string of the molecule is BN(C)c1ccc(/N=C2/C=CC(N(C)C)=CC2)c(S)c1. The smallest absolute Gasteiger partial charge is 0.217 e. The van der Waals surface area contributed by atoms with E-state index in [-0.39, 0.29) is 0 Å². The predicted octanol–water partition coefficient (Wildman–Crippen LogP) is 2.44. The first-order valence-electron chi connectivity index (χ1n) is 6.61. The average molecular weight is 285 g/mol. The number of aliphatic imine (C=N–C) groups is 1. The van der Waals surface area contributed by atoms with Gasteiger partial charge >= 0.3 is 0 Å². The van der Waals surface area contributed by atoms with Crippen LogP contribution in [0.3, 0.4) is 0 Å². The lowest BCUT2D eigenvalue weighted by molar-refractivity contribution is 0.527. The van der Waals surface area contributed by atoms with Crippen LogP contribution in [0, 0.1) is 0 Å². The van der Waals surface area contributed by atoms with Crippen molar-refractivity contribution in [1.82, 2.24) is 4.90 Å². The zero-order valence-electron chi connectivity index (χ0n) is 12.5. The summed E-state index contributed by atoms with van der Waals surface area (Å²) in [4.78, 5) is 9.75. The van der Waals surface area contributed by atoms with Gasteiger partial charge in [0.05, 0.1) is 5.69 Å². The van der Waals surface area contributed by atoms with Crippen molar-refractivity contribution in [1.29, 1.82) is 0 Å². The van der Waals surface area contributed by atoms with Crippen LogP contribution in [0.25, 0.3) is 0 Å². The third kappa shape index (κ3) is 3.48. The van der Waals surface area contributed by atoms with Crippen LogP contribution in [-0.2, 0) is 0 Å². The van der Waals surface area contributed by atoms with Crippen molar-refractivity contribution in [3.63, 3.8) is 0 Å². The van der Waals surface area contributed by atoms with Gasteiger partial charge < -0.3 is 9.71 Å². The number of allylic oxidation sites excluding steroid dienone is 3. The van der Waals surface area contributed by atoms with Crippen LogP contribution in [0.4, 0.5) is 11.4 Å². The fourth-order valence-corrected chi connectivity index (χ4v) is 2.24. The second kappa shape index (κ2) is 6.22. The Labute approximate surface area is 127 Å². The zero-order valence-corrected chi connectivity index (χ0v) is 13.4. The Morgan fingerprint density at radius 3 is 2.45 bits per heavy atom. The first-order chi connectivity index (χ1) is 9.47. The fraction of sp³-hybridized carbons (Fsp3) is 0.267. The number of hydrogen-bond acceptors (Lipinski definition) is 4. The first-order valence-corrected chi connectivity index (χ1v) is 7.05. The summed E-state index contributed by atoms with van der Waals surface area (Å²) in [6, 6.07) is 6.12. The van der Waals surface area contributed by atoms with E-state index in [0.29, 0.717) is 0 Å². The van der Waals surface area contributed by atoms with Gasteiger partial charge in [0.15, 0.2) is 0 Å². The zero-order chi connectivity index (χ0) is 14.7. The monoisotopic (exact) mass is 285 g/mol. The van der Waals surface area contributed by atoms with Gasteiger partial charge in [0.2, 0.25) is 7.98 Å². The Morgan fingerprint density at radius 1 is 1.20 bits per heavy atom. The number of benzene rings is 1. The second-order valence-electron chi connectivity index (χ2n) is 5.23. The van der Waals surface area contributed by atoms with E-state index in [0.717, 1.165) is 28.4 Å². The minimum atomic E-state index is 0.854. The highest BCUT2D eigenvalue weighted by Crippen LogP contribution is 2.28. The second-order valence-corrected chi connectivity index (χ2v) is 5.71. The molecule has 0 saturated heterocycles. The highest BCUT2D eigenvalue weighted by molar-refractivity contribution is 7.80. The molecule has 1 aromatic carbocycles. The van der Waals surface area contributed by atoms with Crippen molar-refractivity contribution in [3.8, 4) is 0 Å². The molecule has 0 bridgehead atoms. The van der Waals surface area contributed by atoms with E-state index in [4.69, 9.17) is 0 Å². The van der Waals surface area contributed by atoms with Gasteiger partial charge in [-0.2, -0.15) is 0 Å². The van der Waals surface area contributed by atoms with E-state index in [1.165, 1.54) is 5.70 Å². The minimum Gasteiger partial charge on any atom is -0.424 e. The number of rotatable bonds is 3. The van der Waals surface area contributed by atoms with Gasteiger partial charge in [0.25, 0.3) is 0 Å². The van der Waals surface area contributed by atoms with Crippen LogP contribution in [0.5, 0.6) is 0 Å². The van der Waals surface area contributed by atoms with Crippen molar-refractivity contribution in [2.24, 2.45) is 4.99 Å². The number of nitrogens with zero attached hydrogens (tertiary/aromatic N) is 3. The Balaban J connectivity index is 2.19. The molecule has 0 saturated carbocycles. The van der Waals surface area contributed by atoms with Crippen molar-refractivity contribution in [2.45, 2.75) is 11.3 Å². The molecule has 0 spiro atoms. The van der Waals surface area contributed by atoms with Crippen LogP contribution in [0.1, 0.15) is 6.42 Å². The van der Waals surface area contributed by atoms with E-state index in [1.807, 2.05) is 41.3 Å². The third-order valence-electron chi connectivity index (χ3n) is 3.22. The lowest BCUT2D eigenvalue weighted by Crippen LogP contribution is -2.12. The van der Waals surface area contributed by atoms with Gasteiger partial charge in [-0.15, -0.1) is 12.6 Å². The average Bonchev–Trinajstić information content (AvgIpc) is 2.41. The van der Waals surface area contributed by atoms with E-state index in [9.17, 15) is 0 Å². The van der Waals surface area contributed by atoms with Gasteiger partial charge in [-0.25, -0.2) is 0 Å². The molecule has 1 aliphatic rings. The molecule has 0 aromatic heterocycles. The normalized spacial score (nSPS) is 16.2. The van der Waals surface area contributed by atoms with Crippen LogP contribution in [0.15, 0.2) is 52.0 Å². The number of anilines is 1. The number of thiol groups is 1. The molecule has 104 valence electrons. The standard InChI is InChI=1S/C15H20BN3S/c1-18(2)12-6-4-11(5-7-12)17-14-9-8-13(19(3)16)10-15(14)20/h4,6-10,20H,5,16H2,1-3H3/b17-11-.